The van der Waals surface area contributed by atoms with E-state index < -0.39 is 11.6 Å². The molecule has 0 aliphatic heterocycles. The number of hydrogen-bond acceptors (Lipinski definition) is 3. The first-order valence-corrected chi connectivity index (χ1v) is 8.45. The molecule has 0 bridgehead atoms. The molecule has 0 spiro atoms. The molecule has 1 aromatic carbocycles. The average molecular weight is 304 g/mol. The summed E-state index contributed by atoms with van der Waals surface area (Å²) in [7, 11) is 0. The second-order valence-corrected chi connectivity index (χ2v) is 6.76. The molecule has 0 saturated heterocycles. The number of carbonyl (C=O) groups excluding carboxylic acids is 1. The number of benzene rings is 1. The Morgan fingerprint density at radius 2 is 2.05 bits per heavy atom. The highest BCUT2D eigenvalue weighted by molar-refractivity contribution is 5.80. The maximum Gasteiger partial charge on any atom is 0.338 e. The lowest BCUT2D eigenvalue weighted by Crippen LogP contribution is -2.44. The van der Waals surface area contributed by atoms with E-state index in [9.17, 15) is 9.90 Å². The average Bonchev–Trinajstić information content (AvgIpc) is 2.84. The molecule has 3 nitrogen and oxygen atoms in total. The number of ether oxygens (including phenoxy) is 1. The normalized spacial score (nSPS) is 28.0. The van der Waals surface area contributed by atoms with Crippen LogP contribution in [0.4, 0.5) is 0 Å². The van der Waals surface area contributed by atoms with Crippen LogP contribution in [0.15, 0.2) is 30.3 Å². The van der Waals surface area contributed by atoms with Crippen LogP contribution in [0.2, 0.25) is 0 Å². The van der Waals surface area contributed by atoms with E-state index in [0.29, 0.717) is 6.42 Å². The lowest BCUT2D eigenvalue weighted by Gasteiger charge is -2.28. The van der Waals surface area contributed by atoms with Gasteiger partial charge in [0.05, 0.1) is 6.10 Å². The smallest absolute Gasteiger partial charge is 0.338 e. The van der Waals surface area contributed by atoms with Gasteiger partial charge in [0.15, 0.2) is 5.60 Å². The molecule has 122 valence electrons. The molecule has 0 unspecified atom stereocenters. The van der Waals surface area contributed by atoms with Gasteiger partial charge in [0, 0.05) is 0 Å². The zero-order valence-electron chi connectivity index (χ0n) is 13.9. The van der Waals surface area contributed by atoms with Crippen LogP contribution in [0, 0.1) is 5.92 Å². The van der Waals surface area contributed by atoms with Gasteiger partial charge in [-0.15, -0.1) is 0 Å². The van der Waals surface area contributed by atoms with Gasteiger partial charge < -0.3 is 9.84 Å². The Labute approximate surface area is 133 Å². The van der Waals surface area contributed by atoms with Crippen molar-refractivity contribution in [2.45, 2.75) is 70.5 Å². The molecule has 3 heteroatoms. The Hall–Kier alpha value is -1.35. The number of carbonyl (C=O) groups is 1. The molecule has 3 atom stereocenters. The van der Waals surface area contributed by atoms with Crippen LogP contribution >= 0.6 is 0 Å². The minimum absolute atomic E-state index is 0.0103. The second kappa shape index (κ2) is 7.28. The molecule has 0 amide bonds. The zero-order valence-corrected chi connectivity index (χ0v) is 13.9. The Morgan fingerprint density at radius 3 is 2.64 bits per heavy atom. The number of hydrogen-bond donors (Lipinski definition) is 1. The van der Waals surface area contributed by atoms with Crippen molar-refractivity contribution in [3.8, 4) is 0 Å². The molecule has 22 heavy (non-hydrogen) atoms. The van der Waals surface area contributed by atoms with Gasteiger partial charge >= 0.3 is 5.97 Å². The van der Waals surface area contributed by atoms with Crippen LogP contribution in [0.3, 0.4) is 0 Å². The molecule has 0 heterocycles. The topological polar surface area (TPSA) is 46.5 Å². The van der Waals surface area contributed by atoms with E-state index in [4.69, 9.17) is 4.74 Å². The van der Waals surface area contributed by atoms with Gasteiger partial charge in [-0.25, -0.2) is 4.79 Å². The van der Waals surface area contributed by atoms with E-state index in [1.54, 1.807) is 0 Å². The first-order chi connectivity index (χ1) is 10.5. The van der Waals surface area contributed by atoms with Crippen LogP contribution < -0.4 is 0 Å². The third-order valence-corrected chi connectivity index (χ3v) is 4.68. The van der Waals surface area contributed by atoms with Crippen LogP contribution in [0.5, 0.6) is 0 Å². The molecule has 0 aromatic heterocycles. The van der Waals surface area contributed by atoms with Crippen LogP contribution in [0.1, 0.15) is 64.4 Å². The van der Waals surface area contributed by atoms with Crippen molar-refractivity contribution >= 4 is 5.97 Å². The maximum atomic E-state index is 12.5. The van der Waals surface area contributed by atoms with E-state index in [-0.39, 0.29) is 17.9 Å². The molecule has 1 N–H and O–H groups in total. The summed E-state index contributed by atoms with van der Waals surface area (Å²) < 4.78 is 5.34. The van der Waals surface area contributed by atoms with Gasteiger partial charge in [0.25, 0.3) is 0 Å². The van der Waals surface area contributed by atoms with Gasteiger partial charge in [0.2, 0.25) is 0 Å². The lowest BCUT2D eigenvalue weighted by atomic mass is 9.87. The monoisotopic (exact) mass is 304 g/mol. The largest absolute Gasteiger partial charge is 0.461 e. The fourth-order valence-corrected chi connectivity index (χ4v) is 3.52. The third-order valence-electron chi connectivity index (χ3n) is 4.68. The number of rotatable bonds is 6. The molecule has 2 rings (SSSR count). The number of aliphatic hydroxyl groups is 1. The van der Waals surface area contributed by atoms with Gasteiger partial charge in [-0.3, -0.25) is 0 Å². The van der Waals surface area contributed by atoms with E-state index in [1.807, 2.05) is 32.0 Å². The predicted octanol–water partition coefficient (Wildman–Crippen LogP) is 4.05. The second-order valence-electron chi connectivity index (χ2n) is 6.76. The van der Waals surface area contributed by atoms with E-state index in [2.05, 4.69) is 19.1 Å². The first-order valence-electron chi connectivity index (χ1n) is 8.45. The standard InChI is InChI=1S/C19H28O3/c1-4-5-11-17-12-16(15-9-7-6-8-10-15)13-19(17,21)18(20)22-14(2)3/h6-10,14,16-17,21H,4-5,11-13H2,1-3H3/t16-,17-,19+/m1/s1. The Balaban J connectivity index is 2.19. The quantitative estimate of drug-likeness (QED) is 0.806. The summed E-state index contributed by atoms with van der Waals surface area (Å²) in [6, 6.07) is 10.2. The fourth-order valence-electron chi connectivity index (χ4n) is 3.52. The summed E-state index contributed by atoms with van der Waals surface area (Å²) >= 11 is 0. The first kappa shape index (κ1) is 17.0. The predicted molar refractivity (Wildman–Crippen MR) is 87.6 cm³/mol. The van der Waals surface area contributed by atoms with E-state index in [0.717, 1.165) is 25.7 Å². The van der Waals surface area contributed by atoms with Crippen molar-refractivity contribution < 1.29 is 14.6 Å². The number of unbranched alkanes of at least 4 members (excludes halogenated alkanes) is 1. The van der Waals surface area contributed by atoms with Crippen molar-refractivity contribution in [2.24, 2.45) is 5.92 Å². The number of esters is 1. The summed E-state index contributed by atoms with van der Waals surface area (Å²) in [6.07, 6.45) is 4.11. The maximum absolute atomic E-state index is 12.5. The van der Waals surface area contributed by atoms with Gasteiger partial charge in [-0.1, -0.05) is 50.1 Å². The third kappa shape index (κ3) is 3.70. The summed E-state index contributed by atoms with van der Waals surface area (Å²) in [6.45, 7) is 5.78. The fraction of sp³-hybridized carbons (Fsp3) is 0.632. The van der Waals surface area contributed by atoms with Crippen molar-refractivity contribution in [3.63, 3.8) is 0 Å². The molecule has 1 aliphatic carbocycles. The SMILES string of the molecule is CCCC[C@@H]1C[C@@H](c2ccccc2)C[C@@]1(O)C(=O)OC(C)C. The lowest BCUT2D eigenvalue weighted by molar-refractivity contribution is -0.174. The van der Waals surface area contributed by atoms with Crippen molar-refractivity contribution in [1.82, 2.24) is 0 Å². The van der Waals surface area contributed by atoms with E-state index >= 15 is 0 Å². The highest BCUT2D eigenvalue weighted by Crippen LogP contribution is 2.47. The Kier molecular flexibility index (Phi) is 5.63. The van der Waals surface area contributed by atoms with Gasteiger partial charge in [0.1, 0.15) is 0 Å². The van der Waals surface area contributed by atoms with Crippen LogP contribution in [-0.4, -0.2) is 22.8 Å². The molecule has 1 fully saturated rings. The summed E-state index contributed by atoms with van der Waals surface area (Å²) in [5.41, 5.74) is -0.128. The molecule has 1 saturated carbocycles. The van der Waals surface area contributed by atoms with E-state index in [1.165, 1.54) is 5.56 Å². The molecule has 1 aliphatic rings. The van der Waals surface area contributed by atoms with Crippen molar-refractivity contribution in [3.05, 3.63) is 35.9 Å². The summed E-state index contributed by atoms with van der Waals surface area (Å²) in [5.74, 6) is -0.223. The molecule has 0 radical (unpaired) electrons. The molecule has 1 aromatic rings. The van der Waals surface area contributed by atoms with Gasteiger partial charge in [-0.2, -0.15) is 0 Å². The van der Waals surface area contributed by atoms with Crippen molar-refractivity contribution in [1.29, 1.82) is 0 Å². The van der Waals surface area contributed by atoms with Gasteiger partial charge in [-0.05, 0) is 50.5 Å². The molecular formula is C19H28O3. The highest BCUT2D eigenvalue weighted by Gasteiger charge is 2.52. The minimum Gasteiger partial charge on any atom is -0.461 e. The highest BCUT2D eigenvalue weighted by atomic mass is 16.6. The van der Waals surface area contributed by atoms with Crippen LogP contribution in [0.25, 0.3) is 0 Å². The Morgan fingerprint density at radius 1 is 1.36 bits per heavy atom. The molecular weight excluding hydrogens is 276 g/mol. The minimum atomic E-state index is -1.33. The Bertz CT molecular complexity index is 483. The van der Waals surface area contributed by atoms with Crippen molar-refractivity contribution in [2.75, 3.05) is 0 Å². The summed E-state index contributed by atoms with van der Waals surface area (Å²) in [4.78, 5) is 12.5. The zero-order chi connectivity index (χ0) is 16.2. The summed E-state index contributed by atoms with van der Waals surface area (Å²) in [5, 5.41) is 11.1. The van der Waals surface area contributed by atoms with Crippen LogP contribution in [-0.2, 0) is 9.53 Å².